The van der Waals surface area contributed by atoms with Gasteiger partial charge in [0.05, 0.1) is 20.3 Å². The molecular formula is C24H28ClNO5. The molecule has 1 heterocycles. The van der Waals surface area contributed by atoms with Gasteiger partial charge in [-0.3, -0.25) is 4.79 Å². The zero-order valence-corrected chi connectivity index (χ0v) is 18.6. The average Bonchev–Trinajstić information content (AvgIpc) is 3.26. The van der Waals surface area contributed by atoms with Gasteiger partial charge in [0.2, 0.25) is 0 Å². The topological polar surface area (TPSA) is 79.2 Å². The highest BCUT2D eigenvalue weighted by Gasteiger charge is 2.25. The van der Waals surface area contributed by atoms with Gasteiger partial charge in [0.1, 0.15) is 22.8 Å². The number of halogens is 1. The van der Waals surface area contributed by atoms with E-state index in [1.165, 1.54) is 20.3 Å². The van der Waals surface area contributed by atoms with Gasteiger partial charge in [-0.25, -0.2) is 0 Å². The SMILES string of the molecule is COc1cc(OC)c(C(=O)C=Cc2ccccc2Cl)c(O)c1CC(O)CN1CCCC1. The van der Waals surface area contributed by atoms with Gasteiger partial charge in [-0.15, -0.1) is 0 Å². The molecule has 1 unspecified atom stereocenters. The van der Waals surface area contributed by atoms with Crippen molar-refractivity contribution in [1.82, 2.24) is 4.90 Å². The number of hydrogen-bond acceptors (Lipinski definition) is 6. The minimum absolute atomic E-state index is 0.0231. The number of methoxy groups -OCH3 is 2. The Morgan fingerprint density at radius 1 is 1.19 bits per heavy atom. The van der Waals surface area contributed by atoms with Crippen molar-refractivity contribution in [2.24, 2.45) is 0 Å². The summed E-state index contributed by atoms with van der Waals surface area (Å²) in [4.78, 5) is 15.2. The summed E-state index contributed by atoms with van der Waals surface area (Å²) in [5.41, 5.74) is 1.09. The Labute approximate surface area is 187 Å². The highest BCUT2D eigenvalue weighted by atomic mass is 35.5. The molecule has 1 aliphatic rings. The number of aromatic hydroxyl groups is 1. The van der Waals surface area contributed by atoms with Gasteiger partial charge in [-0.1, -0.05) is 29.8 Å². The lowest BCUT2D eigenvalue weighted by Crippen LogP contribution is -2.31. The molecule has 0 aliphatic carbocycles. The van der Waals surface area contributed by atoms with Crippen molar-refractivity contribution in [3.05, 3.63) is 58.1 Å². The van der Waals surface area contributed by atoms with Crippen molar-refractivity contribution < 1.29 is 24.5 Å². The summed E-state index contributed by atoms with van der Waals surface area (Å²) in [6.45, 7) is 2.42. The number of rotatable bonds is 9. The van der Waals surface area contributed by atoms with Gasteiger partial charge >= 0.3 is 0 Å². The Kier molecular flexibility index (Phi) is 7.96. The molecule has 2 N–H and O–H groups in total. The minimum Gasteiger partial charge on any atom is -0.507 e. The molecule has 31 heavy (non-hydrogen) atoms. The number of allylic oxidation sites excluding steroid dienone is 1. The van der Waals surface area contributed by atoms with Gasteiger partial charge in [-0.05, 0) is 49.7 Å². The van der Waals surface area contributed by atoms with Crippen molar-refractivity contribution in [3.63, 3.8) is 0 Å². The van der Waals surface area contributed by atoms with Gasteiger partial charge < -0.3 is 24.6 Å². The Bertz CT molecular complexity index is 953. The van der Waals surface area contributed by atoms with Crippen LogP contribution in [0.5, 0.6) is 17.2 Å². The second-order valence-corrected chi connectivity index (χ2v) is 7.98. The molecule has 3 rings (SSSR count). The van der Waals surface area contributed by atoms with E-state index in [4.69, 9.17) is 21.1 Å². The monoisotopic (exact) mass is 445 g/mol. The van der Waals surface area contributed by atoms with Crippen LogP contribution in [0.2, 0.25) is 5.02 Å². The van der Waals surface area contributed by atoms with Crippen LogP contribution in [0.25, 0.3) is 6.08 Å². The van der Waals surface area contributed by atoms with Crippen LogP contribution in [0, 0.1) is 0 Å². The number of carbonyl (C=O) groups excluding carboxylic acids is 1. The Hall–Kier alpha value is -2.54. The molecule has 1 atom stereocenters. The largest absolute Gasteiger partial charge is 0.507 e. The summed E-state index contributed by atoms with van der Waals surface area (Å²) in [7, 11) is 2.90. The fourth-order valence-corrected chi connectivity index (χ4v) is 4.06. The molecule has 0 bridgehead atoms. The van der Waals surface area contributed by atoms with Gasteiger partial charge in [0.25, 0.3) is 0 Å². The summed E-state index contributed by atoms with van der Waals surface area (Å²) >= 11 is 6.15. The third kappa shape index (κ3) is 5.58. The number of aliphatic hydroxyl groups excluding tert-OH is 1. The number of ether oxygens (including phenoxy) is 2. The van der Waals surface area contributed by atoms with E-state index in [2.05, 4.69) is 4.90 Å². The number of nitrogens with zero attached hydrogens (tertiary/aromatic N) is 1. The predicted octanol–water partition coefficient (Wildman–Crippen LogP) is 3.96. The van der Waals surface area contributed by atoms with Crippen molar-refractivity contribution in [3.8, 4) is 17.2 Å². The van der Waals surface area contributed by atoms with Crippen molar-refractivity contribution in [2.75, 3.05) is 33.9 Å². The molecule has 1 saturated heterocycles. The first kappa shape index (κ1) is 23.1. The van der Waals surface area contributed by atoms with Crippen LogP contribution in [0.3, 0.4) is 0 Å². The number of ketones is 1. The Morgan fingerprint density at radius 3 is 2.52 bits per heavy atom. The van der Waals surface area contributed by atoms with E-state index in [-0.39, 0.29) is 23.5 Å². The highest BCUT2D eigenvalue weighted by molar-refractivity contribution is 6.32. The predicted molar refractivity (Wildman–Crippen MR) is 121 cm³/mol. The molecule has 7 heteroatoms. The number of β-amino-alcohol motifs (C(OH)–C–C–N with tert-alkyl or cyclic N) is 1. The minimum atomic E-state index is -0.701. The zero-order chi connectivity index (χ0) is 22.4. The maximum absolute atomic E-state index is 13.0. The molecule has 0 amide bonds. The molecule has 0 spiro atoms. The fourth-order valence-electron chi connectivity index (χ4n) is 3.86. The summed E-state index contributed by atoms with van der Waals surface area (Å²) in [6, 6.07) is 8.71. The maximum atomic E-state index is 13.0. The molecule has 1 aliphatic heterocycles. The zero-order valence-electron chi connectivity index (χ0n) is 17.8. The van der Waals surface area contributed by atoms with E-state index in [1.807, 2.05) is 6.07 Å². The van der Waals surface area contributed by atoms with Gasteiger partial charge in [-0.2, -0.15) is 0 Å². The Morgan fingerprint density at radius 2 is 1.87 bits per heavy atom. The molecule has 2 aromatic rings. The highest BCUT2D eigenvalue weighted by Crippen LogP contribution is 2.40. The summed E-state index contributed by atoms with van der Waals surface area (Å²) in [5, 5.41) is 22.1. The summed E-state index contributed by atoms with van der Waals surface area (Å²) < 4.78 is 10.7. The van der Waals surface area contributed by atoms with E-state index in [9.17, 15) is 15.0 Å². The van der Waals surface area contributed by atoms with Crippen LogP contribution in [0.1, 0.15) is 34.3 Å². The van der Waals surface area contributed by atoms with Gasteiger partial charge in [0.15, 0.2) is 5.78 Å². The molecule has 0 saturated carbocycles. The quantitative estimate of drug-likeness (QED) is 0.449. The molecule has 0 aromatic heterocycles. The second-order valence-electron chi connectivity index (χ2n) is 7.57. The number of phenolic OH excluding ortho intramolecular Hbond substituents is 1. The number of benzene rings is 2. The lowest BCUT2D eigenvalue weighted by Gasteiger charge is -2.22. The van der Waals surface area contributed by atoms with Crippen molar-refractivity contribution in [1.29, 1.82) is 0 Å². The molecular weight excluding hydrogens is 418 g/mol. The van der Waals surface area contributed by atoms with E-state index in [0.29, 0.717) is 28.4 Å². The number of aliphatic hydroxyl groups is 1. The van der Waals surface area contributed by atoms with Crippen LogP contribution in [-0.2, 0) is 6.42 Å². The number of carbonyl (C=O) groups is 1. The molecule has 166 valence electrons. The van der Waals surface area contributed by atoms with Crippen LogP contribution >= 0.6 is 11.6 Å². The van der Waals surface area contributed by atoms with Crippen molar-refractivity contribution >= 4 is 23.5 Å². The van der Waals surface area contributed by atoms with Crippen molar-refractivity contribution in [2.45, 2.75) is 25.4 Å². The summed E-state index contributed by atoms with van der Waals surface area (Å²) in [5.74, 6) is -0.125. The third-order valence-corrected chi connectivity index (χ3v) is 5.79. The normalized spacial score (nSPS) is 15.4. The average molecular weight is 446 g/mol. The van der Waals surface area contributed by atoms with Crippen LogP contribution in [0.4, 0.5) is 0 Å². The molecule has 6 nitrogen and oxygen atoms in total. The standard InChI is InChI=1S/C24H28ClNO5/c1-30-21-14-22(31-2)23(20(28)10-9-16-7-3-4-8-19(16)25)24(29)18(21)13-17(27)15-26-11-5-6-12-26/h3-4,7-10,14,17,27,29H,5-6,11-13,15H2,1-2H3. The first-order valence-corrected chi connectivity index (χ1v) is 10.7. The van der Waals surface area contributed by atoms with Crippen LogP contribution < -0.4 is 9.47 Å². The summed E-state index contributed by atoms with van der Waals surface area (Å²) in [6.07, 6.45) is 4.64. The Balaban J connectivity index is 1.90. The first-order valence-electron chi connectivity index (χ1n) is 10.3. The van der Waals surface area contributed by atoms with Crippen LogP contribution in [0.15, 0.2) is 36.4 Å². The van der Waals surface area contributed by atoms with E-state index in [0.717, 1.165) is 25.9 Å². The number of hydrogen-bond donors (Lipinski definition) is 2. The molecule has 1 fully saturated rings. The molecule has 2 aromatic carbocycles. The molecule has 0 radical (unpaired) electrons. The van der Waals surface area contributed by atoms with E-state index in [1.54, 1.807) is 30.3 Å². The van der Waals surface area contributed by atoms with E-state index < -0.39 is 11.9 Å². The number of likely N-dealkylation sites (tertiary alicyclic amines) is 1. The first-order chi connectivity index (χ1) is 14.9. The fraction of sp³-hybridized carbons (Fsp3) is 0.375. The van der Waals surface area contributed by atoms with Crippen LogP contribution in [-0.4, -0.2) is 60.9 Å². The third-order valence-electron chi connectivity index (χ3n) is 5.44. The van der Waals surface area contributed by atoms with Gasteiger partial charge in [0, 0.05) is 29.6 Å². The maximum Gasteiger partial charge on any atom is 0.193 e. The second kappa shape index (κ2) is 10.7. The van der Waals surface area contributed by atoms with E-state index >= 15 is 0 Å². The number of phenols is 1. The smallest absolute Gasteiger partial charge is 0.193 e. The lowest BCUT2D eigenvalue weighted by molar-refractivity contribution is 0.104. The lowest BCUT2D eigenvalue weighted by atomic mass is 9.97.